The third-order valence-electron chi connectivity index (χ3n) is 5.44. The molecule has 0 bridgehead atoms. The van der Waals surface area contributed by atoms with E-state index in [9.17, 15) is 4.79 Å². The van der Waals surface area contributed by atoms with Crippen molar-refractivity contribution in [1.29, 1.82) is 0 Å². The minimum absolute atomic E-state index is 0.0284. The summed E-state index contributed by atoms with van der Waals surface area (Å²) < 4.78 is 0. The molecule has 0 aliphatic carbocycles. The molecule has 1 aromatic heterocycles. The van der Waals surface area contributed by atoms with Gasteiger partial charge in [0.1, 0.15) is 0 Å². The highest BCUT2D eigenvalue weighted by Crippen LogP contribution is 2.30. The first-order valence-corrected chi connectivity index (χ1v) is 11.0. The highest BCUT2D eigenvalue weighted by Gasteiger charge is 2.10. The summed E-state index contributed by atoms with van der Waals surface area (Å²) in [6, 6.07) is 23.9. The van der Waals surface area contributed by atoms with Gasteiger partial charge in [-0.25, -0.2) is 9.97 Å². The molecule has 0 unspecified atom stereocenters. The van der Waals surface area contributed by atoms with Crippen LogP contribution >= 0.6 is 0 Å². The summed E-state index contributed by atoms with van der Waals surface area (Å²) in [6.07, 6.45) is 8.98. The second kappa shape index (κ2) is 10.5. The van der Waals surface area contributed by atoms with E-state index in [0.717, 1.165) is 33.4 Å². The monoisotopic (exact) mass is 443 g/mol. The predicted molar refractivity (Wildman–Crippen MR) is 141 cm³/mol. The number of allylic oxidation sites excluding steroid dienone is 2. The lowest BCUT2D eigenvalue weighted by Crippen LogP contribution is -1.94. The van der Waals surface area contributed by atoms with Gasteiger partial charge in [0.25, 0.3) is 0 Å². The second-order valence-electron chi connectivity index (χ2n) is 7.83. The Bertz CT molecular complexity index is 1370. The molecule has 0 spiro atoms. The Morgan fingerprint density at radius 1 is 0.794 bits per heavy atom. The van der Waals surface area contributed by atoms with Crippen molar-refractivity contribution in [3.63, 3.8) is 0 Å². The van der Waals surface area contributed by atoms with E-state index < -0.39 is 0 Å². The van der Waals surface area contributed by atoms with Crippen LogP contribution in [-0.2, 0) is 0 Å². The Kier molecular flexibility index (Phi) is 6.99. The summed E-state index contributed by atoms with van der Waals surface area (Å²) in [6.45, 7) is 7.57. The maximum Gasteiger partial charge on any atom is 0.159 e. The topological polar surface area (TPSA) is 55.2 Å². The van der Waals surface area contributed by atoms with Crippen molar-refractivity contribution in [2.24, 2.45) is 4.99 Å². The maximum atomic E-state index is 12.3. The lowest BCUT2D eigenvalue weighted by Gasteiger charge is -2.11. The fourth-order valence-corrected chi connectivity index (χ4v) is 3.57. The summed E-state index contributed by atoms with van der Waals surface area (Å²) in [5.41, 5.74) is 7.27. The Hall–Kier alpha value is -4.44. The maximum absolute atomic E-state index is 12.3. The van der Waals surface area contributed by atoms with E-state index in [1.54, 1.807) is 31.6 Å². The molecule has 4 aromatic rings. The minimum atomic E-state index is 0.0284. The van der Waals surface area contributed by atoms with Gasteiger partial charge in [-0.1, -0.05) is 61.2 Å². The molecule has 0 amide bonds. The summed E-state index contributed by atoms with van der Waals surface area (Å²) in [5, 5.41) is 0. The van der Waals surface area contributed by atoms with Crippen molar-refractivity contribution in [1.82, 2.24) is 9.97 Å². The minimum Gasteiger partial charge on any atom is -0.295 e. The normalized spacial score (nSPS) is 11.2. The molecule has 1 heterocycles. The predicted octanol–water partition coefficient (Wildman–Crippen LogP) is 7.30. The van der Waals surface area contributed by atoms with Gasteiger partial charge in [-0.05, 0) is 72.0 Å². The van der Waals surface area contributed by atoms with Gasteiger partial charge in [0, 0.05) is 29.7 Å². The number of carbonyl (C=O) groups is 1. The number of ketones is 1. The van der Waals surface area contributed by atoms with Crippen molar-refractivity contribution >= 4 is 17.7 Å². The Labute approximate surface area is 200 Å². The van der Waals surface area contributed by atoms with E-state index in [1.807, 2.05) is 79.7 Å². The SMILES string of the molecule is C=C(N=C/C=C\C)c1ccc(-c2cc(C(C)=O)cc(-c3ccc(-c4ncccn4)cc3)c2)cc1. The molecule has 4 rings (SSSR count). The second-order valence-corrected chi connectivity index (χ2v) is 7.83. The summed E-state index contributed by atoms with van der Waals surface area (Å²) in [7, 11) is 0. The zero-order valence-corrected chi connectivity index (χ0v) is 19.3. The van der Waals surface area contributed by atoms with Crippen LogP contribution in [0.25, 0.3) is 39.3 Å². The van der Waals surface area contributed by atoms with Crippen molar-refractivity contribution in [3.05, 3.63) is 115 Å². The molecule has 0 aliphatic rings. The van der Waals surface area contributed by atoms with Crippen molar-refractivity contribution in [3.8, 4) is 33.6 Å². The molecule has 0 atom stereocenters. The number of nitrogens with zero attached hydrogens (tertiary/aromatic N) is 3. The van der Waals surface area contributed by atoms with E-state index in [4.69, 9.17) is 0 Å². The lowest BCUT2D eigenvalue weighted by atomic mass is 9.94. The van der Waals surface area contributed by atoms with Gasteiger partial charge in [-0.2, -0.15) is 0 Å². The van der Waals surface area contributed by atoms with E-state index in [-0.39, 0.29) is 5.78 Å². The number of benzene rings is 3. The number of aliphatic imine (C=N–C) groups is 1. The van der Waals surface area contributed by atoms with Crippen LogP contribution in [0.2, 0.25) is 0 Å². The van der Waals surface area contributed by atoms with E-state index in [2.05, 4.69) is 27.6 Å². The zero-order chi connectivity index (χ0) is 23.9. The van der Waals surface area contributed by atoms with Gasteiger partial charge in [0.05, 0.1) is 5.70 Å². The van der Waals surface area contributed by atoms with Crippen molar-refractivity contribution in [2.45, 2.75) is 13.8 Å². The van der Waals surface area contributed by atoms with Crippen LogP contribution in [0.3, 0.4) is 0 Å². The molecule has 0 saturated carbocycles. The van der Waals surface area contributed by atoms with Gasteiger partial charge < -0.3 is 0 Å². The van der Waals surface area contributed by atoms with Gasteiger partial charge in [-0.3, -0.25) is 9.79 Å². The molecule has 0 aliphatic heterocycles. The molecule has 4 nitrogen and oxygen atoms in total. The van der Waals surface area contributed by atoms with Crippen LogP contribution in [0.4, 0.5) is 0 Å². The van der Waals surface area contributed by atoms with Crippen LogP contribution in [0.1, 0.15) is 29.8 Å². The first-order chi connectivity index (χ1) is 16.5. The van der Waals surface area contributed by atoms with E-state index in [0.29, 0.717) is 17.1 Å². The number of Topliss-reactive ketones (excluding diaryl/α,β-unsaturated/α-hetero) is 1. The first kappa shape index (κ1) is 22.7. The molecular formula is C30H25N3O. The largest absolute Gasteiger partial charge is 0.295 e. The van der Waals surface area contributed by atoms with E-state index >= 15 is 0 Å². The molecule has 4 heteroatoms. The molecule has 0 saturated heterocycles. The average molecular weight is 444 g/mol. The molecule has 0 radical (unpaired) electrons. The molecular weight excluding hydrogens is 418 g/mol. The van der Waals surface area contributed by atoms with E-state index in [1.165, 1.54) is 0 Å². The fourth-order valence-electron chi connectivity index (χ4n) is 3.57. The Morgan fingerprint density at radius 2 is 1.35 bits per heavy atom. The lowest BCUT2D eigenvalue weighted by molar-refractivity contribution is 0.101. The van der Waals surface area contributed by atoms with Gasteiger partial charge in [0.2, 0.25) is 0 Å². The van der Waals surface area contributed by atoms with Crippen LogP contribution < -0.4 is 0 Å². The smallest absolute Gasteiger partial charge is 0.159 e. The fraction of sp³-hybridized carbons (Fsp3) is 0.0667. The number of rotatable bonds is 7. The third-order valence-corrected chi connectivity index (χ3v) is 5.44. The number of hydrogen-bond donors (Lipinski definition) is 0. The quantitative estimate of drug-likeness (QED) is 0.222. The van der Waals surface area contributed by atoms with Gasteiger partial charge in [0.15, 0.2) is 11.6 Å². The summed E-state index contributed by atoms with van der Waals surface area (Å²) in [5.74, 6) is 0.713. The highest BCUT2D eigenvalue weighted by molar-refractivity contribution is 5.97. The third kappa shape index (κ3) is 5.30. The summed E-state index contributed by atoms with van der Waals surface area (Å²) >= 11 is 0. The Balaban J connectivity index is 1.67. The Morgan fingerprint density at radius 3 is 1.91 bits per heavy atom. The van der Waals surface area contributed by atoms with Crippen LogP contribution in [-0.4, -0.2) is 22.0 Å². The van der Waals surface area contributed by atoms with Crippen LogP contribution in [0.15, 0.2) is 109 Å². The molecule has 34 heavy (non-hydrogen) atoms. The van der Waals surface area contributed by atoms with Crippen molar-refractivity contribution < 1.29 is 4.79 Å². The molecule has 0 fully saturated rings. The summed E-state index contributed by atoms with van der Waals surface area (Å²) in [4.78, 5) is 25.2. The first-order valence-electron chi connectivity index (χ1n) is 11.0. The zero-order valence-electron chi connectivity index (χ0n) is 19.3. The molecule has 3 aromatic carbocycles. The average Bonchev–Trinajstić information content (AvgIpc) is 2.89. The van der Waals surface area contributed by atoms with Crippen LogP contribution in [0.5, 0.6) is 0 Å². The number of carbonyl (C=O) groups excluding carboxylic acids is 1. The van der Waals surface area contributed by atoms with Crippen molar-refractivity contribution in [2.75, 3.05) is 0 Å². The molecule has 0 N–H and O–H groups in total. The number of aromatic nitrogens is 2. The van der Waals surface area contributed by atoms with Gasteiger partial charge >= 0.3 is 0 Å². The molecule has 166 valence electrons. The van der Waals surface area contributed by atoms with Crippen LogP contribution in [0, 0.1) is 0 Å². The number of hydrogen-bond acceptors (Lipinski definition) is 4. The highest BCUT2D eigenvalue weighted by atomic mass is 16.1. The van der Waals surface area contributed by atoms with Gasteiger partial charge in [-0.15, -0.1) is 0 Å². The standard InChI is InChI=1S/C30H25N3O/c1-4-5-15-31-21(2)23-7-9-24(10-8-23)28-18-27(22(3)34)19-29(20-28)25-11-13-26(14-12-25)30-32-16-6-17-33-30/h4-20H,2H2,1,3H3/b5-4-,31-15?.